The van der Waals surface area contributed by atoms with Crippen LogP contribution in [0.25, 0.3) is 0 Å². The van der Waals surface area contributed by atoms with Crippen LogP contribution in [0.1, 0.15) is 39.5 Å². The van der Waals surface area contributed by atoms with Gasteiger partial charge < -0.3 is 20.1 Å². The Labute approximate surface area is 139 Å². The zero-order valence-corrected chi connectivity index (χ0v) is 14.4. The van der Waals surface area contributed by atoms with E-state index in [1.165, 1.54) is 5.69 Å². The Kier molecular flexibility index (Phi) is 5.57. The number of para-hydroxylation sites is 1. The Morgan fingerprint density at radius 3 is 2.35 bits per heavy atom. The van der Waals surface area contributed by atoms with Crippen molar-refractivity contribution in [2.24, 2.45) is 5.92 Å². The Bertz CT molecular complexity index is 462. The molecule has 4 heteroatoms. The first-order valence-electron chi connectivity index (χ1n) is 9.00. The molecule has 1 heterocycles. The van der Waals surface area contributed by atoms with E-state index in [2.05, 4.69) is 54.8 Å². The van der Waals surface area contributed by atoms with Crippen molar-refractivity contribution in [1.29, 1.82) is 0 Å². The molecule has 0 bridgehead atoms. The van der Waals surface area contributed by atoms with E-state index in [1.54, 1.807) is 0 Å². The third-order valence-corrected chi connectivity index (χ3v) is 5.12. The number of nitrogens with one attached hydrogen (secondary N) is 2. The van der Waals surface area contributed by atoms with Crippen LogP contribution in [0.2, 0.25) is 0 Å². The molecule has 2 aliphatic rings. The van der Waals surface area contributed by atoms with Crippen LogP contribution in [-0.4, -0.2) is 37.6 Å². The molecule has 4 nitrogen and oxygen atoms in total. The standard InChI is InChI=1S/C19H30N2O2/c1-15(2)18(21-17-6-4-3-5-7-17)14-20-16-8-10-19(11-9-16)22-12-13-23-19/h3-7,15-16,18,20-21H,8-14H2,1-2H3/t18-/m1/s1. The SMILES string of the molecule is CC(C)[C@@H](CNC1CCC2(CC1)OCCO2)Nc1ccccc1. The van der Waals surface area contributed by atoms with Crippen LogP contribution in [0.3, 0.4) is 0 Å². The molecule has 128 valence electrons. The van der Waals surface area contributed by atoms with Gasteiger partial charge in [-0.3, -0.25) is 0 Å². The molecule has 3 rings (SSSR count). The van der Waals surface area contributed by atoms with E-state index in [1.807, 2.05) is 0 Å². The lowest BCUT2D eigenvalue weighted by molar-refractivity contribution is -0.179. The summed E-state index contributed by atoms with van der Waals surface area (Å²) in [6.07, 6.45) is 4.30. The van der Waals surface area contributed by atoms with Crippen molar-refractivity contribution >= 4 is 5.69 Å². The molecule has 1 atom stereocenters. The van der Waals surface area contributed by atoms with Crippen LogP contribution in [0.15, 0.2) is 30.3 Å². The topological polar surface area (TPSA) is 42.5 Å². The van der Waals surface area contributed by atoms with Crippen molar-refractivity contribution in [3.05, 3.63) is 30.3 Å². The number of rotatable bonds is 6. The van der Waals surface area contributed by atoms with Gasteiger partial charge in [-0.2, -0.15) is 0 Å². The molecule has 2 fully saturated rings. The largest absolute Gasteiger partial charge is 0.381 e. The summed E-state index contributed by atoms with van der Waals surface area (Å²) in [7, 11) is 0. The highest BCUT2D eigenvalue weighted by molar-refractivity contribution is 5.43. The van der Waals surface area contributed by atoms with Crippen LogP contribution in [0.4, 0.5) is 5.69 Å². The Hall–Kier alpha value is -1.10. The van der Waals surface area contributed by atoms with Crippen molar-refractivity contribution < 1.29 is 9.47 Å². The normalized spacial score (nSPS) is 22.6. The maximum Gasteiger partial charge on any atom is 0.168 e. The summed E-state index contributed by atoms with van der Waals surface area (Å²) in [5, 5.41) is 7.41. The zero-order valence-electron chi connectivity index (χ0n) is 14.4. The molecule has 2 N–H and O–H groups in total. The number of ether oxygens (including phenoxy) is 2. The minimum atomic E-state index is -0.252. The van der Waals surface area contributed by atoms with Gasteiger partial charge in [0.1, 0.15) is 0 Å². The predicted molar refractivity (Wildman–Crippen MR) is 93.6 cm³/mol. The van der Waals surface area contributed by atoms with Crippen LogP contribution in [0.5, 0.6) is 0 Å². The lowest BCUT2D eigenvalue weighted by Crippen LogP contribution is -2.46. The molecule has 0 aromatic heterocycles. The third-order valence-electron chi connectivity index (χ3n) is 5.12. The van der Waals surface area contributed by atoms with E-state index in [0.29, 0.717) is 18.0 Å². The predicted octanol–water partition coefficient (Wildman–Crippen LogP) is 3.40. The molecular formula is C19H30N2O2. The molecule has 1 aromatic rings. The summed E-state index contributed by atoms with van der Waals surface area (Å²) < 4.78 is 11.6. The lowest BCUT2D eigenvalue weighted by Gasteiger charge is -2.36. The molecule has 0 unspecified atom stereocenters. The van der Waals surface area contributed by atoms with E-state index in [9.17, 15) is 0 Å². The van der Waals surface area contributed by atoms with E-state index < -0.39 is 0 Å². The molecule has 23 heavy (non-hydrogen) atoms. The van der Waals surface area contributed by atoms with Crippen molar-refractivity contribution in [1.82, 2.24) is 5.32 Å². The van der Waals surface area contributed by atoms with E-state index >= 15 is 0 Å². The van der Waals surface area contributed by atoms with Crippen LogP contribution in [0, 0.1) is 5.92 Å². The van der Waals surface area contributed by atoms with E-state index in [4.69, 9.17) is 9.47 Å². The average Bonchev–Trinajstić information content (AvgIpc) is 3.02. The summed E-state index contributed by atoms with van der Waals surface area (Å²) in [4.78, 5) is 0. The summed E-state index contributed by atoms with van der Waals surface area (Å²) >= 11 is 0. The van der Waals surface area contributed by atoms with Gasteiger partial charge in [0.05, 0.1) is 13.2 Å². The zero-order chi connectivity index (χ0) is 16.1. The first-order valence-corrected chi connectivity index (χ1v) is 9.00. The maximum atomic E-state index is 5.81. The molecular weight excluding hydrogens is 288 g/mol. The smallest absolute Gasteiger partial charge is 0.168 e. The summed E-state index contributed by atoms with van der Waals surface area (Å²) in [5.41, 5.74) is 1.20. The highest BCUT2D eigenvalue weighted by Crippen LogP contribution is 2.35. The lowest BCUT2D eigenvalue weighted by atomic mass is 9.89. The Morgan fingerprint density at radius 2 is 1.74 bits per heavy atom. The molecule has 0 radical (unpaired) electrons. The van der Waals surface area contributed by atoms with Gasteiger partial charge in [-0.1, -0.05) is 32.0 Å². The Morgan fingerprint density at radius 1 is 1.09 bits per heavy atom. The van der Waals surface area contributed by atoms with Crippen LogP contribution in [-0.2, 0) is 9.47 Å². The minimum absolute atomic E-state index is 0.252. The summed E-state index contributed by atoms with van der Waals surface area (Å²) in [5.74, 6) is 0.330. The fourth-order valence-electron chi connectivity index (χ4n) is 3.54. The summed E-state index contributed by atoms with van der Waals surface area (Å²) in [6.45, 7) is 7.06. The van der Waals surface area contributed by atoms with Gasteiger partial charge in [-0.25, -0.2) is 0 Å². The molecule has 1 saturated heterocycles. The van der Waals surface area contributed by atoms with Gasteiger partial charge in [-0.05, 0) is 30.9 Å². The fourth-order valence-corrected chi connectivity index (χ4v) is 3.54. The van der Waals surface area contributed by atoms with Crippen molar-refractivity contribution in [3.63, 3.8) is 0 Å². The highest BCUT2D eigenvalue weighted by Gasteiger charge is 2.40. The second kappa shape index (κ2) is 7.65. The van der Waals surface area contributed by atoms with Gasteiger partial charge in [0.25, 0.3) is 0 Å². The number of anilines is 1. The fraction of sp³-hybridized carbons (Fsp3) is 0.684. The van der Waals surface area contributed by atoms with Gasteiger partial charge in [0.15, 0.2) is 5.79 Å². The monoisotopic (exact) mass is 318 g/mol. The maximum absolute atomic E-state index is 5.81. The van der Waals surface area contributed by atoms with Crippen molar-refractivity contribution in [3.8, 4) is 0 Å². The van der Waals surface area contributed by atoms with Crippen molar-refractivity contribution in [2.75, 3.05) is 25.1 Å². The van der Waals surface area contributed by atoms with Crippen LogP contribution >= 0.6 is 0 Å². The number of hydrogen-bond donors (Lipinski definition) is 2. The third kappa shape index (κ3) is 4.46. The van der Waals surface area contributed by atoms with E-state index in [0.717, 1.165) is 45.4 Å². The molecule has 1 aliphatic carbocycles. The van der Waals surface area contributed by atoms with Gasteiger partial charge in [-0.15, -0.1) is 0 Å². The summed E-state index contributed by atoms with van der Waals surface area (Å²) in [6, 6.07) is 11.5. The van der Waals surface area contributed by atoms with E-state index in [-0.39, 0.29) is 5.79 Å². The second-order valence-electron chi connectivity index (χ2n) is 7.15. The van der Waals surface area contributed by atoms with Gasteiger partial charge in [0.2, 0.25) is 0 Å². The highest BCUT2D eigenvalue weighted by atomic mass is 16.7. The average molecular weight is 318 g/mol. The quantitative estimate of drug-likeness (QED) is 0.843. The van der Waals surface area contributed by atoms with Crippen molar-refractivity contribution in [2.45, 2.75) is 57.4 Å². The molecule has 1 aromatic carbocycles. The minimum Gasteiger partial charge on any atom is -0.381 e. The molecule has 1 spiro atoms. The first kappa shape index (κ1) is 16.7. The van der Waals surface area contributed by atoms with Crippen LogP contribution < -0.4 is 10.6 Å². The molecule has 1 aliphatic heterocycles. The first-order chi connectivity index (χ1) is 11.2. The van der Waals surface area contributed by atoms with Gasteiger partial charge >= 0.3 is 0 Å². The number of benzene rings is 1. The second-order valence-corrected chi connectivity index (χ2v) is 7.15. The molecule has 1 saturated carbocycles. The number of hydrogen-bond acceptors (Lipinski definition) is 4. The molecule has 0 amide bonds. The Balaban J connectivity index is 1.46. The van der Waals surface area contributed by atoms with Gasteiger partial charge in [0, 0.05) is 37.2 Å².